The van der Waals surface area contributed by atoms with E-state index in [-0.39, 0.29) is 18.7 Å². The first-order valence-electron chi connectivity index (χ1n) is 6.44. The largest absolute Gasteiger partial charge is 0.394 e. The van der Waals surface area contributed by atoms with E-state index in [9.17, 15) is 9.90 Å². The number of benzene rings is 1. The highest BCUT2D eigenvalue weighted by Gasteiger charge is 2.12. The second-order valence-electron chi connectivity index (χ2n) is 4.49. The molecule has 0 bridgehead atoms. The molecule has 2 aromatic rings. The number of aliphatic hydroxyl groups excluding tert-OH is 1. The average molecular weight is 290 g/mol. The molecule has 0 saturated heterocycles. The number of aliphatic hydroxyl groups is 1. The summed E-state index contributed by atoms with van der Waals surface area (Å²) in [5.74, 6) is 0. The highest BCUT2D eigenvalue weighted by Crippen LogP contribution is 2.15. The fourth-order valence-electron chi connectivity index (χ4n) is 1.88. The maximum Gasteiger partial charge on any atom is 0.315 e. The van der Waals surface area contributed by atoms with Crippen molar-refractivity contribution in [2.75, 3.05) is 6.61 Å². The van der Waals surface area contributed by atoms with Gasteiger partial charge in [-0.1, -0.05) is 30.3 Å². The molecule has 3 N–H and O–H groups in total. The fraction of sp³-hybridized carbons (Fsp3) is 0.267. The maximum atomic E-state index is 11.8. The lowest BCUT2D eigenvalue weighted by Crippen LogP contribution is -2.38. The van der Waals surface area contributed by atoms with Crippen LogP contribution in [0.5, 0.6) is 0 Å². The number of nitrogens with one attached hydrogen (secondary N) is 2. The first-order valence-corrected chi connectivity index (χ1v) is 7.26. The zero-order valence-corrected chi connectivity index (χ0v) is 12.1. The molecule has 1 aromatic heterocycles. The van der Waals surface area contributed by atoms with Crippen LogP contribution in [0.1, 0.15) is 21.4 Å². The second kappa shape index (κ2) is 7.07. The standard InChI is InChI=1S/C15H18N2O2S/c1-11-7-8-13(20-11)9-16-15(19)17-14(10-18)12-5-3-2-4-6-12/h2-8,14,18H,9-10H2,1H3,(H2,16,17,19). The molecule has 106 valence electrons. The molecule has 0 radical (unpaired) electrons. The Morgan fingerprint density at radius 2 is 2.00 bits per heavy atom. The van der Waals surface area contributed by atoms with E-state index < -0.39 is 0 Å². The van der Waals surface area contributed by atoms with Gasteiger partial charge in [0.1, 0.15) is 0 Å². The topological polar surface area (TPSA) is 61.4 Å². The summed E-state index contributed by atoms with van der Waals surface area (Å²) in [6.07, 6.45) is 0. The van der Waals surface area contributed by atoms with Gasteiger partial charge in [0.2, 0.25) is 0 Å². The van der Waals surface area contributed by atoms with Crippen LogP contribution in [0.4, 0.5) is 4.79 Å². The van der Waals surface area contributed by atoms with Gasteiger partial charge in [0, 0.05) is 9.75 Å². The Kier molecular flexibility index (Phi) is 5.15. The van der Waals surface area contributed by atoms with Gasteiger partial charge in [-0.3, -0.25) is 0 Å². The minimum atomic E-state index is -0.388. The molecule has 0 saturated carbocycles. The molecule has 0 aliphatic heterocycles. The number of urea groups is 1. The van der Waals surface area contributed by atoms with Crippen molar-refractivity contribution in [2.45, 2.75) is 19.5 Å². The van der Waals surface area contributed by atoms with E-state index in [2.05, 4.69) is 10.6 Å². The van der Waals surface area contributed by atoms with Gasteiger partial charge in [-0.2, -0.15) is 0 Å². The molecule has 1 aromatic carbocycles. The molecule has 2 rings (SSSR count). The van der Waals surface area contributed by atoms with E-state index in [4.69, 9.17) is 0 Å². The van der Waals surface area contributed by atoms with Crippen molar-refractivity contribution in [2.24, 2.45) is 0 Å². The van der Waals surface area contributed by atoms with Crippen molar-refractivity contribution in [3.05, 3.63) is 57.8 Å². The molecule has 4 nitrogen and oxygen atoms in total. The van der Waals surface area contributed by atoms with Crippen LogP contribution in [0.3, 0.4) is 0 Å². The Labute approximate surface area is 122 Å². The van der Waals surface area contributed by atoms with Crippen molar-refractivity contribution in [1.82, 2.24) is 10.6 Å². The number of rotatable bonds is 5. The summed E-state index contributed by atoms with van der Waals surface area (Å²) in [7, 11) is 0. The summed E-state index contributed by atoms with van der Waals surface area (Å²) < 4.78 is 0. The van der Waals surface area contributed by atoms with Crippen LogP contribution in [0.15, 0.2) is 42.5 Å². The summed E-state index contributed by atoms with van der Waals surface area (Å²) in [6, 6.07) is 12.8. The number of aryl methyl sites for hydroxylation is 1. The third kappa shape index (κ3) is 4.08. The normalized spacial score (nSPS) is 11.9. The minimum absolute atomic E-state index is 0.129. The number of carbonyl (C=O) groups excluding carboxylic acids is 1. The van der Waals surface area contributed by atoms with Gasteiger partial charge in [-0.25, -0.2) is 4.79 Å². The monoisotopic (exact) mass is 290 g/mol. The van der Waals surface area contributed by atoms with E-state index in [0.29, 0.717) is 6.54 Å². The molecule has 2 amide bonds. The van der Waals surface area contributed by atoms with Crippen molar-refractivity contribution in [3.8, 4) is 0 Å². The third-order valence-electron chi connectivity index (χ3n) is 2.91. The van der Waals surface area contributed by atoms with Gasteiger partial charge >= 0.3 is 6.03 Å². The highest BCUT2D eigenvalue weighted by atomic mass is 32.1. The lowest BCUT2D eigenvalue weighted by atomic mass is 10.1. The Hall–Kier alpha value is -1.85. The van der Waals surface area contributed by atoms with Gasteiger partial charge < -0.3 is 15.7 Å². The summed E-state index contributed by atoms with van der Waals surface area (Å²) in [5, 5.41) is 14.9. The summed E-state index contributed by atoms with van der Waals surface area (Å²) in [5.41, 5.74) is 0.886. The van der Waals surface area contributed by atoms with Crippen LogP contribution < -0.4 is 10.6 Å². The van der Waals surface area contributed by atoms with E-state index in [1.807, 2.05) is 49.4 Å². The molecular weight excluding hydrogens is 272 g/mol. The van der Waals surface area contributed by atoms with E-state index in [1.165, 1.54) is 4.88 Å². The summed E-state index contributed by atoms with van der Waals surface area (Å²) in [4.78, 5) is 14.2. The van der Waals surface area contributed by atoms with Gasteiger partial charge in [-0.15, -0.1) is 11.3 Å². The molecular formula is C15H18N2O2S. The number of hydrogen-bond acceptors (Lipinski definition) is 3. The highest BCUT2D eigenvalue weighted by molar-refractivity contribution is 7.11. The molecule has 0 aliphatic carbocycles. The number of amides is 2. The quantitative estimate of drug-likeness (QED) is 0.792. The first-order chi connectivity index (χ1) is 9.69. The van der Waals surface area contributed by atoms with Crippen molar-refractivity contribution < 1.29 is 9.90 Å². The van der Waals surface area contributed by atoms with Crippen LogP contribution in [-0.4, -0.2) is 17.7 Å². The molecule has 5 heteroatoms. The summed E-state index contributed by atoms with van der Waals surface area (Å²) >= 11 is 1.66. The molecule has 0 aliphatic rings. The predicted molar refractivity (Wildman–Crippen MR) is 80.7 cm³/mol. The Morgan fingerprint density at radius 1 is 1.25 bits per heavy atom. The molecule has 1 unspecified atom stereocenters. The van der Waals surface area contributed by atoms with Crippen LogP contribution in [-0.2, 0) is 6.54 Å². The smallest absolute Gasteiger partial charge is 0.315 e. The lowest BCUT2D eigenvalue weighted by Gasteiger charge is -2.17. The van der Waals surface area contributed by atoms with Crippen LogP contribution >= 0.6 is 11.3 Å². The molecule has 0 spiro atoms. The van der Waals surface area contributed by atoms with Gasteiger partial charge in [-0.05, 0) is 24.6 Å². The molecule has 1 atom stereocenters. The van der Waals surface area contributed by atoms with E-state index in [1.54, 1.807) is 11.3 Å². The second-order valence-corrected chi connectivity index (χ2v) is 5.86. The SMILES string of the molecule is Cc1ccc(CNC(=O)NC(CO)c2ccccc2)s1. The Bertz CT molecular complexity index is 554. The molecule has 0 fully saturated rings. The van der Waals surface area contributed by atoms with Crippen LogP contribution in [0, 0.1) is 6.92 Å². The van der Waals surface area contributed by atoms with Crippen molar-refractivity contribution in [1.29, 1.82) is 0 Å². The van der Waals surface area contributed by atoms with E-state index >= 15 is 0 Å². The maximum absolute atomic E-state index is 11.8. The number of thiophene rings is 1. The number of hydrogen-bond donors (Lipinski definition) is 3. The van der Waals surface area contributed by atoms with Gasteiger partial charge in [0.25, 0.3) is 0 Å². The van der Waals surface area contributed by atoms with Gasteiger partial charge in [0.05, 0.1) is 19.2 Å². The third-order valence-corrected chi connectivity index (χ3v) is 3.91. The van der Waals surface area contributed by atoms with E-state index in [0.717, 1.165) is 10.4 Å². The number of carbonyl (C=O) groups is 1. The predicted octanol–water partition coefficient (Wildman–Crippen LogP) is 2.59. The average Bonchev–Trinajstić information content (AvgIpc) is 2.89. The lowest BCUT2D eigenvalue weighted by molar-refractivity contribution is 0.216. The molecule has 1 heterocycles. The van der Waals surface area contributed by atoms with Crippen molar-refractivity contribution >= 4 is 17.4 Å². The molecule has 20 heavy (non-hydrogen) atoms. The summed E-state index contributed by atoms with van der Waals surface area (Å²) in [6.45, 7) is 2.40. The minimum Gasteiger partial charge on any atom is -0.394 e. The Balaban J connectivity index is 1.86. The Morgan fingerprint density at radius 3 is 2.60 bits per heavy atom. The zero-order chi connectivity index (χ0) is 14.4. The van der Waals surface area contributed by atoms with Gasteiger partial charge in [0.15, 0.2) is 0 Å². The zero-order valence-electron chi connectivity index (χ0n) is 11.3. The fourth-order valence-corrected chi connectivity index (χ4v) is 2.71. The first kappa shape index (κ1) is 14.6. The van der Waals surface area contributed by atoms with Crippen LogP contribution in [0.2, 0.25) is 0 Å². The van der Waals surface area contributed by atoms with Crippen molar-refractivity contribution in [3.63, 3.8) is 0 Å². The van der Waals surface area contributed by atoms with Crippen LogP contribution in [0.25, 0.3) is 0 Å².